The van der Waals surface area contributed by atoms with Crippen molar-refractivity contribution < 1.29 is 19.1 Å². The van der Waals surface area contributed by atoms with Crippen LogP contribution in [0.3, 0.4) is 0 Å². The van der Waals surface area contributed by atoms with Gasteiger partial charge in [-0.1, -0.05) is 12.8 Å². The van der Waals surface area contributed by atoms with E-state index in [0.717, 1.165) is 18.4 Å². The van der Waals surface area contributed by atoms with E-state index in [2.05, 4.69) is 5.32 Å². The number of carboxylic acid groups (broad SMARTS) is 1. The molecule has 1 aliphatic carbocycles. The van der Waals surface area contributed by atoms with Gasteiger partial charge in [-0.05, 0) is 18.9 Å². The number of nitrogens with one attached hydrogen (secondary N) is 1. The summed E-state index contributed by atoms with van der Waals surface area (Å²) in [5, 5.41) is 12.1. The SMILES string of the molecule is CN(Cc1ccoc1)C(=O)NCC1(C(=O)O)CCCC1. The summed E-state index contributed by atoms with van der Waals surface area (Å²) in [5.74, 6) is -0.812. The molecule has 1 aromatic rings. The number of hydrogen-bond donors (Lipinski definition) is 2. The fourth-order valence-corrected chi connectivity index (χ4v) is 2.63. The molecule has 20 heavy (non-hydrogen) atoms. The smallest absolute Gasteiger partial charge is 0.317 e. The molecule has 0 saturated heterocycles. The molecular weight excluding hydrogens is 260 g/mol. The lowest BCUT2D eigenvalue weighted by atomic mass is 9.86. The summed E-state index contributed by atoms with van der Waals surface area (Å²) in [5.41, 5.74) is 0.114. The number of hydrogen-bond acceptors (Lipinski definition) is 3. The number of rotatable bonds is 5. The van der Waals surface area contributed by atoms with Crippen LogP contribution in [-0.4, -0.2) is 35.6 Å². The van der Waals surface area contributed by atoms with Crippen molar-refractivity contribution in [2.24, 2.45) is 5.41 Å². The summed E-state index contributed by atoms with van der Waals surface area (Å²) < 4.78 is 4.95. The van der Waals surface area contributed by atoms with Crippen molar-refractivity contribution in [3.8, 4) is 0 Å². The quantitative estimate of drug-likeness (QED) is 0.865. The van der Waals surface area contributed by atoms with Gasteiger partial charge in [0.2, 0.25) is 0 Å². The standard InChI is InChI=1S/C14H20N2O4/c1-16(8-11-4-7-20-9-11)13(19)15-10-14(12(17)18)5-2-3-6-14/h4,7,9H,2-3,5-6,8,10H2,1H3,(H,15,19)(H,17,18). The van der Waals surface area contributed by atoms with Crippen molar-refractivity contribution in [3.05, 3.63) is 24.2 Å². The Kier molecular flexibility index (Phi) is 4.32. The van der Waals surface area contributed by atoms with Crippen LogP contribution in [0.5, 0.6) is 0 Å². The molecule has 1 heterocycles. The van der Waals surface area contributed by atoms with Gasteiger partial charge in [-0.25, -0.2) is 4.79 Å². The maximum Gasteiger partial charge on any atom is 0.317 e. The zero-order valence-electron chi connectivity index (χ0n) is 11.6. The molecular formula is C14H20N2O4. The Hall–Kier alpha value is -1.98. The molecule has 2 amide bonds. The zero-order chi connectivity index (χ0) is 14.6. The van der Waals surface area contributed by atoms with E-state index in [-0.39, 0.29) is 12.6 Å². The average molecular weight is 280 g/mol. The van der Waals surface area contributed by atoms with Crippen molar-refractivity contribution >= 4 is 12.0 Å². The van der Waals surface area contributed by atoms with Crippen molar-refractivity contribution in [1.29, 1.82) is 0 Å². The van der Waals surface area contributed by atoms with Crippen LogP contribution in [0.25, 0.3) is 0 Å². The molecule has 0 aliphatic heterocycles. The molecule has 0 radical (unpaired) electrons. The van der Waals surface area contributed by atoms with E-state index < -0.39 is 11.4 Å². The summed E-state index contributed by atoms with van der Waals surface area (Å²) in [4.78, 5) is 24.9. The van der Waals surface area contributed by atoms with Gasteiger partial charge >= 0.3 is 12.0 Å². The van der Waals surface area contributed by atoms with Gasteiger partial charge in [0.05, 0.1) is 24.5 Å². The van der Waals surface area contributed by atoms with Crippen molar-refractivity contribution in [2.45, 2.75) is 32.2 Å². The highest BCUT2D eigenvalue weighted by atomic mass is 16.4. The molecule has 110 valence electrons. The summed E-state index contributed by atoms with van der Waals surface area (Å²) in [6.45, 7) is 0.624. The summed E-state index contributed by atoms with van der Waals surface area (Å²) in [6, 6.07) is 1.53. The molecule has 6 nitrogen and oxygen atoms in total. The molecule has 0 aromatic carbocycles. The average Bonchev–Trinajstić information content (AvgIpc) is 3.07. The third-order valence-corrected chi connectivity index (χ3v) is 3.94. The van der Waals surface area contributed by atoms with Crippen LogP contribution < -0.4 is 5.32 Å². The van der Waals surface area contributed by atoms with Gasteiger partial charge in [0.25, 0.3) is 0 Å². The molecule has 6 heteroatoms. The normalized spacial score (nSPS) is 16.9. The Morgan fingerprint density at radius 2 is 2.15 bits per heavy atom. The fraction of sp³-hybridized carbons (Fsp3) is 0.571. The predicted molar refractivity (Wildman–Crippen MR) is 72.1 cm³/mol. The molecule has 1 fully saturated rings. The molecule has 1 aliphatic rings. The summed E-state index contributed by atoms with van der Waals surface area (Å²) in [6.07, 6.45) is 6.22. The number of furan rings is 1. The monoisotopic (exact) mass is 280 g/mol. The highest BCUT2D eigenvalue weighted by molar-refractivity contribution is 5.78. The molecule has 1 saturated carbocycles. The van der Waals surface area contributed by atoms with Crippen LogP contribution in [0.4, 0.5) is 4.79 Å². The second-order valence-corrected chi connectivity index (χ2v) is 5.44. The van der Waals surface area contributed by atoms with E-state index in [9.17, 15) is 14.7 Å². The molecule has 0 atom stereocenters. The Morgan fingerprint density at radius 3 is 2.70 bits per heavy atom. The first-order chi connectivity index (χ1) is 9.53. The Labute approximate surface area is 117 Å². The number of aliphatic carboxylic acids is 1. The number of nitrogens with zero attached hydrogens (tertiary/aromatic N) is 1. The van der Waals surface area contributed by atoms with Gasteiger partial charge in [0, 0.05) is 19.2 Å². The highest BCUT2D eigenvalue weighted by Gasteiger charge is 2.41. The Morgan fingerprint density at radius 1 is 1.45 bits per heavy atom. The van der Waals surface area contributed by atoms with Gasteiger partial charge in [0.1, 0.15) is 0 Å². The van der Waals surface area contributed by atoms with E-state index in [0.29, 0.717) is 19.4 Å². The second-order valence-electron chi connectivity index (χ2n) is 5.44. The number of carbonyl (C=O) groups excluding carboxylic acids is 1. The van der Waals surface area contributed by atoms with Gasteiger partial charge in [-0.2, -0.15) is 0 Å². The molecule has 0 spiro atoms. The van der Waals surface area contributed by atoms with E-state index in [1.54, 1.807) is 25.6 Å². The zero-order valence-corrected chi connectivity index (χ0v) is 11.6. The van der Waals surface area contributed by atoms with Crippen LogP contribution in [0.1, 0.15) is 31.2 Å². The number of carbonyl (C=O) groups is 2. The summed E-state index contributed by atoms with van der Waals surface area (Å²) >= 11 is 0. The minimum atomic E-state index is -0.812. The minimum Gasteiger partial charge on any atom is -0.481 e. The second kappa shape index (κ2) is 5.98. The van der Waals surface area contributed by atoms with Gasteiger partial charge in [0.15, 0.2) is 0 Å². The van der Waals surface area contributed by atoms with Crippen LogP contribution >= 0.6 is 0 Å². The Bertz CT molecular complexity index is 464. The number of amides is 2. The predicted octanol–water partition coefficient (Wildman–Crippen LogP) is 2.07. The van der Waals surface area contributed by atoms with E-state index >= 15 is 0 Å². The Balaban J connectivity index is 1.86. The third kappa shape index (κ3) is 3.12. The third-order valence-electron chi connectivity index (χ3n) is 3.94. The molecule has 0 bridgehead atoms. The topological polar surface area (TPSA) is 82.8 Å². The molecule has 0 unspecified atom stereocenters. The van der Waals surface area contributed by atoms with Gasteiger partial charge in [-0.3, -0.25) is 4.79 Å². The number of urea groups is 1. The highest BCUT2D eigenvalue weighted by Crippen LogP contribution is 2.37. The molecule has 1 aromatic heterocycles. The maximum atomic E-state index is 12.0. The van der Waals surface area contributed by atoms with E-state index in [1.807, 2.05) is 0 Å². The summed E-state index contributed by atoms with van der Waals surface area (Å²) in [7, 11) is 1.67. The lowest BCUT2D eigenvalue weighted by Gasteiger charge is -2.26. The first kappa shape index (κ1) is 14.4. The lowest BCUT2D eigenvalue weighted by Crippen LogP contribution is -2.45. The first-order valence-electron chi connectivity index (χ1n) is 6.77. The molecule has 2 rings (SSSR count). The first-order valence-corrected chi connectivity index (χ1v) is 6.77. The largest absolute Gasteiger partial charge is 0.481 e. The van der Waals surface area contributed by atoms with E-state index in [4.69, 9.17) is 4.42 Å². The lowest BCUT2D eigenvalue weighted by molar-refractivity contribution is -0.148. The van der Waals surface area contributed by atoms with Crippen molar-refractivity contribution in [2.75, 3.05) is 13.6 Å². The van der Waals surface area contributed by atoms with Crippen LogP contribution in [-0.2, 0) is 11.3 Å². The van der Waals surface area contributed by atoms with Crippen LogP contribution in [0.15, 0.2) is 23.0 Å². The van der Waals surface area contributed by atoms with Crippen LogP contribution in [0, 0.1) is 5.41 Å². The van der Waals surface area contributed by atoms with Crippen molar-refractivity contribution in [3.63, 3.8) is 0 Å². The maximum absolute atomic E-state index is 12.0. The molecule has 2 N–H and O–H groups in total. The van der Waals surface area contributed by atoms with E-state index in [1.165, 1.54) is 4.90 Å². The van der Waals surface area contributed by atoms with Gasteiger partial charge < -0.3 is 19.7 Å². The fourth-order valence-electron chi connectivity index (χ4n) is 2.63. The minimum absolute atomic E-state index is 0.191. The van der Waals surface area contributed by atoms with Gasteiger partial charge in [-0.15, -0.1) is 0 Å². The number of carboxylic acids is 1. The van der Waals surface area contributed by atoms with Crippen LogP contribution in [0.2, 0.25) is 0 Å². The van der Waals surface area contributed by atoms with Crippen molar-refractivity contribution in [1.82, 2.24) is 10.2 Å².